The van der Waals surface area contributed by atoms with Crippen molar-refractivity contribution in [1.29, 1.82) is 0 Å². The topological polar surface area (TPSA) is 49.6 Å². The van der Waals surface area contributed by atoms with Gasteiger partial charge in [-0.05, 0) is 54.7 Å². The Labute approximate surface area is 158 Å². The molecule has 6 rings (SSSR count). The Hall–Kier alpha value is -2.66. The van der Waals surface area contributed by atoms with E-state index < -0.39 is 0 Å². The molecule has 1 aromatic carbocycles. The predicted octanol–water partition coefficient (Wildman–Crippen LogP) is 3.56. The summed E-state index contributed by atoms with van der Waals surface area (Å²) >= 11 is 0. The van der Waals surface area contributed by atoms with Gasteiger partial charge in [-0.3, -0.25) is 14.7 Å². The van der Waals surface area contributed by atoms with E-state index in [1.807, 2.05) is 18.2 Å². The molecule has 27 heavy (non-hydrogen) atoms. The third-order valence-electron chi connectivity index (χ3n) is 5.94. The lowest BCUT2D eigenvalue weighted by atomic mass is 9.94. The van der Waals surface area contributed by atoms with E-state index in [0.717, 1.165) is 42.7 Å². The van der Waals surface area contributed by atoms with Gasteiger partial charge < -0.3 is 9.32 Å². The molecule has 5 heteroatoms. The molecule has 3 aliphatic heterocycles. The summed E-state index contributed by atoms with van der Waals surface area (Å²) in [4.78, 5) is 21.6. The summed E-state index contributed by atoms with van der Waals surface area (Å²) in [6.07, 6.45) is 7.50. The predicted molar refractivity (Wildman–Crippen MR) is 103 cm³/mol. The molecule has 5 heterocycles. The van der Waals surface area contributed by atoms with Crippen LogP contribution in [0, 0.1) is 5.92 Å². The molecular formula is C22H23N3O2. The molecule has 0 N–H and O–H groups in total. The Morgan fingerprint density at radius 2 is 1.96 bits per heavy atom. The minimum absolute atomic E-state index is 0.135. The first-order valence-corrected chi connectivity index (χ1v) is 9.66. The molecule has 0 aliphatic carbocycles. The second-order valence-corrected chi connectivity index (χ2v) is 7.77. The van der Waals surface area contributed by atoms with Gasteiger partial charge in [-0.2, -0.15) is 0 Å². The zero-order valence-corrected chi connectivity index (χ0v) is 15.3. The van der Waals surface area contributed by atoms with E-state index >= 15 is 0 Å². The molecule has 0 spiro atoms. The standard InChI is InChI=1S/C22H23N3O2/c26-22(18-5-8-23-9-6-18)25-14-17-1-3-20(15-25)24(13-17)12-16-2-4-21-19(11-16)7-10-27-21/h2,4-11,17,20H,1,3,12-15H2/t17-,20-/m1/s1. The maximum Gasteiger partial charge on any atom is 0.254 e. The van der Waals surface area contributed by atoms with Crippen molar-refractivity contribution >= 4 is 16.9 Å². The van der Waals surface area contributed by atoms with Gasteiger partial charge >= 0.3 is 0 Å². The lowest BCUT2D eigenvalue weighted by Gasteiger charge is -2.36. The highest BCUT2D eigenvalue weighted by Crippen LogP contribution is 2.30. The zero-order valence-electron chi connectivity index (χ0n) is 15.3. The molecule has 138 valence electrons. The number of fused-ring (bicyclic) bond motifs is 5. The first kappa shape index (κ1) is 16.5. The van der Waals surface area contributed by atoms with Gasteiger partial charge in [0.2, 0.25) is 0 Å². The lowest BCUT2D eigenvalue weighted by molar-refractivity contribution is 0.0736. The zero-order chi connectivity index (χ0) is 18.2. The van der Waals surface area contributed by atoms with Crippen LogP contribution < -0.4 is 0 Å². The number of carbonyl (C=O) groups excluding carboxylic acids is 1. The van der Waals surface area contributed by atoms with Crippen LogP contribution in [0.25, 0.3) is 11.0 Å². The number of pyridine rings is 1. The summed E-state index contributed by atoms with van der Waals surface area (Å²) < 4.78 is 5.45. The molecule has 3 fully saturated rings. The quantitative estimate of drug-likeness (QED) is 0.716. The van der Waals surface area contributed by atoms with Crippen LogP contribution in [0.2, 0.25) is 0 Å². The van der Waals surface area contributed by atoms with Crippen molar-refractivity contribution in [3.8, 4) is 0 Å². The van der Waals surface area contributed by atoms with Gasteiger partial charge in [0.05, 0.1) is 6.26 Å². The van der Waals surface area contributed by atoms with Crippen molar-refractivity contribution in [2.75, 3.05) is 19.6 Å². The van der Waals surface area contributed by atoms with Crippen LogP contribution in [0.15, 0.2) is 59.5 Å². The minimum Gasteiger partial charge on any atom is -0.464 e. The molecule has 0 unspecified atom stereocenters. The largest absolute Gasteiger partial charge is 0.464 e. The van der Waals surface area contributed by atoms with Crippen molar-refractivity contribution in [2.24, 2.45) is 5.92 Å². The van der Waals surface area contributed by atoms with Gasteiger partial charge in [0.15, 0.2) is 0 Å². The average Bonchev–Trinajstić information content (AvgIpc) is 2.98. The fourth-order valence-electron chi connectivity index (χ4n) is 4.56. The number of benzene rings is 1. The highest BCUT2D eigenvalue weighted by Gasteiger charge is 2.36. The molecule has 3 saturated heterocycles. The molecule has 0 radical (unpaired) electrons. The first-order valence-electron chi connectivity index (χ1n) is 9.66. The van der Waals surface area contributed by atoms with Crippen molar-refractivity contribution in [2.45, 2.75) is 25.4 Å². The van der Waals surface area contributed by atoms with Gasteiger partial charge in [-0.25, -0.2) is 0 Å². The second kappa shape index (κ2) is 6.82. The Bertz CT molecular complexity index is 952. The van der Waals surface area contributed by atoms with E-state index in [4.69, 9.17) is 4.42 Å². The van der Waals surface area contributed by atoms with Gasteiger partial charge in [0, 0.05) is 55.6 Å². The number of furan rings is 1. The normalized spacial score (nSPS) is 22.9. The summed E-state index contributed by atoms with van der Waals surface area (Å²) in [5, 5.41) is 1.15. The third kappa shape index (κ3) is 3.23. The number of hydrogen-bond acceptors (Lipinski definition) is 4. The van der Waals surface area contributed by atoms with Crippen molar-refractivity contribution < 1.29 is 9.21 Å². The molecule has 3 aromatic rings. The Morgan fingerprint density at radius 3 is 2.85 bits per heavy atom. The number of nitrogens with zero attached hydrogens (tertiary/aromatic N) is 3. The SMILES string of the molecule is O=C(c1ccncc1)N1C[C@@H]2CC[C@H](C1)N(Cc1ccc3occc3c1)C2. The number of piperidine rings is 1. The fraction of sp³-hybridized carbons (Fsp3) is 0.364. The Kier molecular flexibility index (Phi) is 4.17. The van der Waals surface area contributed by atoms with Gasteiger partial charge in [-0.1, -0.05) is 6.07 Å². The fourth-order valence-corrected chi connectivity index (χ4v) is 4.56. The smallest absolute Gasteiger partial charge is 0.254 e. The summed E-state index contributed by atoms with van der Waals surface area (Å²) in [5.41, 5.74) is 2.98. The van der Waals surface area contributed by atoms with E-state index in [-0.39, 0.29) is 5.91 Å². The molecule has 2 atom stereocenters. The summed E-state index contributed by atoms with van der Waals surface area (Å²) in [7, 11) is 0. The first-order chi connectivity index (χ1) is 13.3. The number of aromatic nitrogens is 1. The number of hydrogen-bond donors (Lipinski definition) is 0. The summed E-state index contributed by atoms with van der Waals surface area (Å²) in [6, 6.07) is 12.5. The molecule has 1 amide bonds. The number of amides is 1. The monoisotopic (exact) mass is 361 g/mol. The maximum absolute atomic E-state index is 12.9. The van der Waals surface area contributed by atoms with Crippen molar-refractivity contribution in [1.82, 2.24) is 14.8 Å². The van der Waals surface area contributed by atoms with Crippen LogP contribution in [0.4, 0.5) is 0 Å². The lowest BCUT2D eigenvalue weighted by Crippen LogP contribution is -2.43. The van der Waals surface area contributed by atoms with Crippen LogP contribution in [-0.2, 0) is 6.54 Å². The maximum atomic E-state index is 12.9. The van der Waals surface area contributed by atoms with E-state index in [1.54, 1.807) is 18.7 Å². The van der Waals surface area contributed by atoms with E-state index in [1.165, 1.54) is 18.4 Å². The Balaban J connectivity index is 1.34. The molecule has 5 nitrogen and oxygen atoms in total. The van der Waals surface area contributed by atoms with E-state index in [2.05, 4.69) is 33.0 Å². The highest BCUT2D eigenvalue weighted by atomic mass is 16.3. The van der Waals surface area contributed by atoms with E-state index in [9.17, 15) is 4.79 Å². The van der Waals surface area contributed by atoms with Crippen molar-refractivity contribution in [3.63, 3.8) is 0 Å². The van der Waals surface area contributed by atoms with Crippen molar-refractivity contribution in [3.05, 3.63) is 66.2 Å². The number of rotatable bonds is 3. The summed E-state index contributed by atoms with van der Waals surface area (Å²) in [5.74, 6) is 0.683. The van der Waals surface area contributed by atoms with Crippen LogP contribution in [-0.4, -0.2) is 46.4 Å². The van der Waals surface area contributed by atoms with Crippen LogP contribution >= 0.6 is 0 Å². The number of carbonyl (C=O) groups is 1. The third-order valence-corrected chi connectivity index (χ3v) is 5.94. The van der Waals surface area contributed by atoms with Gasteiger partial charge in [0.25, 0.3) is 5.91 Å². The van der Waals surface area contributed by atoms with Crippen LogP contribution in [0.3, 0.4) is 0 Å². The molecular weight excluding hydrogens is 338 g/mol. The average molecular weight is 361 g/mol. The second-order valence-electron chi connectivity index (χ2n) is 7.77. The summed E-state index contributed by atoms with van der Waals surface area (Å²) in [6.45, 7) is 3.66. The molecule has 2 aromatic heterocycles. The minimum atomic E-state index is 0.135. The van der Waals surface area contributed by atoms with Crippen LogP contribution in [0.5, 0.6) is 0 Å². The molecule has 3 aliphatic rings. The van der Waals surface area contributed by atoms with Gasteiger partial charge in [-0.15, -0.1) is 0 Å². The van der Waals surface area contributed by atoms with E-state index in [0.29, 0.717) is 12.0 Å². The molecule has 0 saturated carbocycles. The van der Waals surface area contributed by atoms with Crippen LogP contribution in [0.1, 0.15) is 28.8 Å². The Morgan fingerprint density at radius 1 is 1.07 bits per heavy atom. The van der Waals surface area contributed by atoms with Gasteiger partial charge in [0.1, 0.15) is 5.58 Å². The highest BCUT2D eigenvalue weighted by molar-refractivity contribution is 5.94. The molecule has 2 bridgehead atoms.